The van der Waals surface area contributed by atoms with Crippen molar-refractivity contribution in [3.05, 3.63) is 22.7 Å². The second-order valence-electron chi connectivity index (χ2n) is 4.59. The summed E-state index contributed by atoms with van der Waals surface area (Å²) in [5.74, 6) is -0.568. The van der Waals surface area contributed by atoms with Crippen LogP contribution in [0.25, 0.3) is 0 Å². The first-order valence-electron chi connectivity index (χ1n) is 6.65. The van der Waals surface area contributed by atoms with Crippen LogP contribution >= 0.6 is 11.6 Å². The van der Waals surface area contributed by atoms with E-state index < -0.39 is 5.97 Å². The van der Waals surface area contributed by atoms with E-state index in [-0.39, 0.29) is 11.3 Å². The third kappa shape index (κ3) is 4.23. The maximum absolute atomic E-state index is 11.3. The summed E-state index contributed by atoms with van der Waals surface area (Å²) in [5, 5.41) is 9.53. The Morgan fingerprint density at radius 1 is 1.43 bits per heavy atom. The van der Waals surface area contributed by atoms with E-state index >= 15 is 0 Å². The monoisotopic (exact) mass is 315 g/mol. The molecule has 0 bridgehead atoms. The normalized spacial score (nSPS) is 15.7. The summed E-state index contributed by atoms with van der Waals surface area (Å²) in [5.41, 5.74) is 0.00123. The van der Waals surface area contributed by atoms with Gasteiger partial charge in [0.2, 0.25) is 0 Å². The minimum Gasteiger partial charge on any atom is -0.493 e. The maximum Gasteiger partial charge on any atom is 0.339 e. The quantitative estimate of drug-likeness (QED) is 0.862. The van der Waals surface area contributed by atoms with Crippen molar-refractivity contribution in [2.75, 3.05) is 46.6 Å². The summed E-state index contributed by atoms with van der Waals surface area (Å²) >= 11 is 5.88. The first-order chi connectivity index (χ1) is 10.1. The fraction of sp³-hybridized carbons (Fsp3) is 0.500. The number of carboxylic acids is 1. The summed E-state index contributed by atoms with van der Waals surface area (Å²) in [6.07, 6.45) is 0. The lowest BCUT2D eigenvalue weighted by atomic mass is 10.2. The van der Waals surface area contributed by atoms with Crippen LogP contribution in [0.1, 0.15) is 10.4 Å². The molecule has 0 aliphatic carbocycles. The molecular formula is C14H18ClNO5. The number of hydrogen-bond donors (Lipinski definition) is 1. The number of nitrogens with zero attached hydrogens (tertiary/aromatic N) is 1. The molecule has 1 aliphatic rings. The van der Waals surface area contributed by atoms with Gasteiger partial charge in [0.1, 0.15) is 12.2 Å². The molecule has 1 aliphatic heterocycles. The maximum atomic E-state index is 11.3. The lowest BCUT2D eigenvalue weighted by Crippen LogP contribution is -2.38. The van der Waals surface area contributed by atoms with Gasteiger partial charge in [0.15, 0.2) is 11.5 Å². The van der Waals surface area contributed by atoms with Crippen molar-refractivity contribution in [3.8, 4) is 11.5 Å². The molecule has 0 unspecified atom stereocenters. The zero-order chi connectivity index (χ0) is 15.2. The molecule has 0 spiro atoms. The topological polar surface area (TPSA) is 68.2 Å². The summed E-state index contributed by atoms with van der Waals surface area (Å²) < 4.78 is 16.1. The van der Waals surface area contributed by atoms with Gasteiger partial charge in [-0.2, -0.15) is 0 Å². The van der Waals surface area contributed by atoms with Crippen molar-refractivity contribution in [1.29, 1.82) is 0 Å². The van der Waals surface area contributed by atoms with Crippen LogP contribution < -0.4 is 9.47 Å². The van der Waals surface area contributed by atoms with Gasteiger partial charge in [-0.3, -0.25) is 4.90 Å². The average Bonchev–Trinajstić information content (AvgIpc) is 2.49. The molecule has 0 atom stereocenters. The molecule has 116 valence electrons. The Bertz CT molecular complexity index is 502. The fourth-order valence-electron chi connectivity index (χ4n) is 2.13. The zero-order valence-corrected chi connectivity index (χ0v) is 12.6. The van der Waals surface area contributed by atoms with Gasteiger partial charge in [0.25, 0.3) is 0 Å². The molecule has 1 aromatic carbocycles. The van der Waals surface area contributed by atoms with E-state index in [0.717, 1.165) is 13.1 Å². The van der Waals surface area contributed by atoms with Gasteiger partial charge in [-0.15, -0.1) is 0 Å². The molecule has 7 heteroatoms. The van der Waals surface area contributed by atoms with Crippen molar-refractivity contribution in [3.63, 3.8) is 0 Å². The summed E-state index contributed by atoms with van der Waals surface area (Å²) in [6.45, 7) is 4.21. The van der Waals surface area contributed by atoms with Crippen molar-refractivity contribution in [2.24, 2.45) is 0 Å². The van der Waals surface area contributed by atoms with Gasteiger partial charge in [-0.05, 0) is 6.07 Å². The Labute approximate surface area is 128 Å². The Morgan fingerprint density at radius 2 is 2.14 bits per heavy atom. The van der Waals surface area contributed by atoms with Crippen LogP contribution in [0.15, 0.2) is 12.1 Å². The Hall–Kier alpha value is -1.50. The predicted octanol–water partition coefficient (Wildman–Crippen LogP) is 1.76. The van der Waals surface area contributed by atoms with Crippen LogP contribution in [-0.2, 0) is 4.74 Å². The molecule has 0 aromatic heterocycles. The van der Waals surface area contributed by atoms with Crippen LogP contribution in [0.5, 0.6) is 11.5 Å². The van der Waals surface area contributed by atoms with Crippen LogP contribution in [-0.4, -0.2) is 62.5 Å². The third-order valence-electron chi connectivity index (χ3n) is 3.23. The van der Waals surface area contributed by atoms with E-state index in [9.17, 15) is 9.90 Å². The first-order valence-corrected chi connectivity index (χ1v) is 7.03. The lowest BCUT2D eigenvalue weighted by molar-refractivity contribution is 0.0320. The van der Waals surface area contributed by atoms with Gasteiger partial charge in [-0.1, -0.05) is 11.6 Å². The number of carbonyl (C=O) groups is 1. The number of morpholine rings is 1. The lowest BCUT2D eigenvalue weighted by Gasteiger charge is -2.26. The first kappa shape index (κ1) is 15.9. The van der Waals surface area contributed by atoms with E-state index in [1.54, 1.807) is 0 Å². The smallest absolute Gasteiger partial charge is 0.339 e. The van der Waals surface area contributed by atoms with Crippen molar-refractivity contribution < 1.29 is 24.1 Å². The molecule has 1 aromatic rings. The second kappa shape index (κ2) is 7.49. The van der Waals surface area contributed by atoms with E-state index in [1.165, 1.54) is 19.2 Å². The van der Waals surface area contributed by atoms with Crippen molar-refractivity contribution in [1.82, 2.24) is 4.90 Å². The number of carboxylic acid groups (broad SMARTS) is 1. The standard InChI is InChI=1S/C14H18ClNO5/c1-19-12-9-10(15)8-11(14(17)18)13(12)21-7-4-16-2-5-20-6-3-16/h8-9H,2-7H2,1H3,(H,17,18). The molecule has 21 heavy (non-hydrogen) atoms. The van der Waals surface area contributed by atoms with E-state index in [1.807, 2.05) is 0 Å². The van der Waals surface area contributed by atoms with Crippen molar-refractivity contribution in [2.45, 2.75) is 0 Å². The number of halogens is 1. The summed E-state index contributed by atoms with van der Waals surface area (Å²) in [6, 6.07) is 2.90. The molecule has 1 heterocycles. The van der Waals surface area contributed by atoms with E-state index in [4.69, 9.17) is 25.8 Å². The van der Waals surface area contributed by atoms with Gasteiger partial charge in [0, 0.05) is 30.7 Å². The minimum atomic E-state index is -1.10. The highest BCUT2D eigenvalue weighted by molar-refractivity contribution is 6.31. The zero-order valence-electron chi connectivity index (χ0n) is 11.8. The number of ether oxygens (including phenoxy) is 3. The highest BCUT2D eigenvalue weighted by atomic mass is 35.5. The predicted molar refractivity (Wildman–Crippen MR) is 77.7 cm³/mol. The molecule has 0 amide bonds. The van der Waals surface area contributed by atoms with Crippen LogP contribution in [0.3, 0.4) is 0 Å². The van der Waals surface area contributed by atoms with E-state index in [0.29, 0.717) is 37.1 Å². The van der Waals surface area contributed by atoms with Crippen molar-refractivity contribution >= 4 is 17.6 Å². The SMILES string of the molecule is COc1cc(Cl)cc(C(=O)O)c1OCCN1CCOCC1. The molecule has 1 fully saturated rings. The van der Waals surface area contributed by atoms with Crippen LogP contribution in [0, 0.1) is 0 Å². The van der Waals surface area contributed by atoms with Gasteiger partial charge < -0.3 is 19.3 Å². The Kier molecular flexibility index (Phi) is 5.67. The van der Waals surface area contributed by atoms with Gasteiger partial charge in [0.05, 0.1) is 20.3 Å². The van der Waals surface area contributed by atoms with E-state index in [2.05, 4.69) is 4.90 Å². The highest BCUT2D eigenvalue weighted by Gasteiger charge is 2.19. The Balaban J connectivity index is 2.05. The average molecular weight is 316 g/mol. The highest BCUT2D eigenvalue weighted by Crippen LogP contribution is 2.34. The number of methoxy groups -OCH3 is 1. The third-order valence-corrected chi connectivity index (χ3v) is 3.45. The van der Waals surface area contributed by atoms with Crippen LogP contribution in [0.2, 0.25) is 5.02 Å². The minimum absolute atomic E-state index is 0.00123. The Morgan fingerprint density at radius 3 is 2.76 bits per heavy atom. The summed E-state index contributed by atoms with van der Waals surface area (Å²) in [7, 11) is 1.45. The fourth-order valence-corrected chi connectivity index (χ4v) is 2.34. The largest absolute Gasteiger partial charge is 0.493 e. The molecule has 0 saturated carbocycles. The summed E-state index contributed by atoms with van der Waals surface area (Å²) in [4.78, 5) is 13.5. The van der Waals surface area contributed by atoms with Gasteiger partial charge >= 0.3 is 5.97 Å². The molecule has 1 saturated heterocycles. The number of hydrogen-bond acceptors (Lipinski definition) is 5. The molecule has 2 rings (SSSR count). The molecular weight excluding hydrogens is 298 g/mol. The second-order valence-corrected chi connectivity index (χ2v) is 5.03. The van der Waals surface area contributed by atoms with Gasteiger partial charge in [-0.25, -0.2) is 4.79 Å². The number of rotatable bonds is 6. The number of aromatic carboxylic acids is 1. The molecule has 1 N–H and O–H groups in total. The van der Waals surface area contributed by atoms with Crippen LogP contribution in [0.4, 0.5) is 0 Å². The molecule has 6 nitrogen and oxygen atoms in total. The number of benzene rings is 1. The molecule has 0 radical (unpaired) electrons.